The molecule has 2 rings (SSSR count). The number of ether oxygens (including phenoxy) is 1. The number of nitrogens with one attached hydrogen (secondary N) is 1. The van der Waals surface area contributed by atoms with Gasteiger partial charge in [-0.05, 0) is 31.0 Å². The molecule has 0 spiro atoms. The van der Waals surface area contributed by atoms with Gasteiger partial charge in [-0.2, -0.15) is 0 Å². The fourth-order valence-corrected chi connectivity index (χ4v) is 2.64. The molecule has 20 heavy (non-hydrogen) atoms. The Labute approximate surface area is 126 Å². The van der Waals surface area contributed by atoms with E-state index in [4.69, 9.17) is 4.74 Å². The van der Waals surface area contributed by atoms with Crippen LogP contribution in [-0.2, 0) is 0 Å². The molecule has 1 saturated heterocycles. The molecule has 1 aliphatic rings. The minimum absolute atomic E-state index is 0. The molecule has 1 aromatic carbocycles. The van der Waals surface area contributed by atoms with Gasteiger partial charge in [0.15, 0.2) is 0 Å². The smallest absolute Gasteiger partial charge is 0.119 e. The van der Waals surface area contributed by atoms with Crippen LogP contribution >= 0.6 is 12.4 Å². The van der Waals surface area contributed by atoms with E-state index in [2.05, 4.69) is 16.3 Å². The van der Waals surface area contributed by atoms with Crippen molar-refractivity contribution in [3.63, 3.8) is 0 Å². The number of hydrogen-bond donors (Lipinski definition) is 1. The van der Waals surface area contributed by atoms with E-state index in [-0.39, 0.29) is 25.1 Å². The van der Waals surface area contributed by atoms with E-state index in [0.29, 0.717) is 13.0 Å². The number of piperazine rings is 1. The van der Waals surface area contributed by atoms with Crippen LogP contribution in [0.4, 0.5) is 4.39 Å². The van der Waals surface area contributed by atoms with E-state index in [1.54, 1.807) is 0 Å². The molecular formula is C15H24ClFN2O. The van der Waals surface area contributed by atoms with Gasteiger partial charge in [-0.25, -0.2) is 0 Å². The first-order valence-electron chi connectivity index (χ1n) is 7.08. The molecule has 1 aliphatic heterocycles. The van der Waals surface area contributed by atoms with Gasteiger partial charge in [0.1, 0.15) is 5.75 Å². The van der Waals surface area contributed by atoms with Crippen molar-refractivity contribution in [2.75, 3.05) is 39.5 Å². The number of hydrogen-bond acceptors (Lipinski definition) is 3. The zero-order valence-corrected chi connectivity index (χ0v) is 12.8. The van der Waals surface area contributed by atoms with Crippen LogP contribution < -0.4 is 10.1 Å². The number of benzene rings is 1. The van der Waals surface area contributed by atoms with Crippen LogP contribution in [0.25, 0.3) is 0 Å². The summed E-state index contributed by atoms with van der Waals surface area (Å²) in [5.41, 5.74) is 1.16. The summed E-state index contributed by atoms with van der Waals surface area (Å²) in [5.74, 6) is 0.874. The number of nitrogens with zero attached hydrogens (tertiary/aromatic N) is 1. The normalized spacial score (nSPS) is 17.3. The minimum atomic E-state index is -0.284. The molecule has 0 aliphatic carbocycles. The lowest BCUT2D eigenvalue weighted by atomic mass is 10.0. The van der Waals surface area contributed by atoms with Gasteiger partial charge in [0.25, 0.3) is 0 Å². The molecule has 5 heteroatoms. The largest absolute Gasteiger partial charge is 0.494 e. The lowest BCUT2D eigenvalue weighted by Crippen LogP contribution is -2.45. The fourth-order valence-electron chi connectivity index (χ4n) is 2.64. The van der Waals surface area contributed by atoms with Crippen molar-refractivity contribution in [2.24, 2.45) is 0 Å². The molecule has 0 unspecified atom stereocenters. The van der Waals surface area contributed by atoms with E-state index in [9.17, 15) is 4.39 Å². The zero-order chi connectivity index (χ0) is 13.5. The lowest BCUT2D eigenvalue weighted by molar-refractivity contribution is 0.157. The monoisotopic (exact) mass is 302 g/mol. The maximum atomic E-state index is 12.9. The maximum Gasteiger partial charge on any atom is 0.119 e. The molecule has 1 N–H and O–H groups in total. The quantitative estimate of drug-likeness (QED) is 0.874. The molecule has 0 saturated carbocycles. The average molecular weight is 303 g/mol. The summed E-state index contributed by atoms with van der Waals surface area (Å²) in [6.07, 6.45) is 0.551. The highest BCUT2D eigenvalue weighted by Crippen LogP contribution is 2.27. The molecule has 0 radical (unpaired) electrons. The second-order valence-electron chi connectivity index (χ2n) is 4.78. The highest BCUT2D eigenvalue weighted by atomic mass is 35.5. The second-order valence-corrected chi connectivity index (χ2v) is 4.78. The minimum Gasteiger partial charge on any atom is -0.494 e. The SMILES string of the molecule is CCOc1cccc([C@@H](CCF)N2CCNCC2)c1.Cl. The van der Waals surface area contributed by atoms with Gasteiger partial charge in [-0.15, -0.1) is 12.4 Å². The van der Waals surface area contributed by atoms with Crippen molar-refractivity contribution in [3.8, 4) is 5.75 Å². The van der Waals surface area contributed by atoms with E-state index >= 15 is 0 Å². The summed E-state index contributed by atoms with van der Waals surface area (Å²) in [4.78, 5) is 2.36. The topological polar surface area (TPSA) is 24.5 Å². The Morgan fingerprint density at radius 2 is 2.10 bits per heavy atom. The van der Waals surface area contributed by atoms with Gasteiger partial charge in [0.05, 0.1) is 13.3 Å². The van der Waals surface area contributed by atoms with Crippen LogP contribution in [0.1, 0.15) is 24.9 Å². The third kappa shape index (κ3) is 4.62. The number of rotatable bonds is 6. The third-order valence-corrected chi connectivity index (χ3v) is 3.53. The Hall–Kier alpha value is -0.840. The van der Waals surface area contributed by atoms with E-state index in [1.165, 1.54) is 0 Å². The van der Waals surface area contributed by atoms with E-state index < -0.39 is 0 Å². The maximum absolute atomic E-state index is 12.9. The summed E-state index contributed by atoms with van der Waals surface area (Å²) < 4.78 is 18.4. The summed E-state index contributed by atoms with van der Waals surface area (Å²) >= 11 is 0. The van der Waals surface area contributed by atoms with Gasteiger partial charge in [-0.1, -0.05) is 12.1 Å². The molecule has 0 amide bonds. The first-order chi connectivity index (χ1) is 9.35. The Kier molecular flexibility index (Phi) is 7.88. The van der Waals surface area contributed by atoms with Crippen LogP contribution in [0, 0.1) is 0 Å². The van der Waals surface area contributed by atoms with Gasteiger partial charge in [-0.3, -0.25) is 9.29 Å². The highest BCUT2D eigenvalue weighted by Gasteiger charge is 2.22. The third-order valence-electron chi connectivity index (χ3n) is 3.53. The van der Waals surface area contributed by atoms with Crippen molar-refractivity contribution in [2.45, 2.75) is 19.4 Å². The van der Waals surface area contributed by atoms with E-state index in [0.717, 1.165) is 37.5 Å². The van der Waals surface area contributed by atoms with Gasteiger partial charge >= 0.3 is 0 Å². The molecule has 3 nitrogen and oxygen atoms in total. The van der Waals surface area contributed by atoms with Gasteiger partial charge < -0.3 is 10.1 Å². The van der Waals surface area contributed by atoms with Crippen molar-refractivity contribution < 1.29 is 9.13 Å². The highest BCUT2D eigenvalue weighted by molar-refractivity contribution is 5.85. The van der Waals surface area contributed by atoms with Crippen LogP contribution in [0.3, 0.4) is 0 Å². The molecule has 114 valence electrons. The lowest BCUT2D eigenvalue weighted by Gasteiger charge is -2.35. The summed E-state index contributed by atoms with van der Waals surface area (Å²) in [7, 11) is 0. The first kappa shape index (κ1) is 17.2. The van der Waals surface area contributed by atoms with Crippen LogP contribution in [0.15, 0.2) is 24.3 Å². The van der Waals surface area contributed by atoms with Crippen molar-refractivity contribution >= 4 is 12.4 Å². The fraction of sp³-hybridized carbons (Fsp3) is 0.600. The predicted molar refractivity (Wildman–Crippen MR) is 82.6 cm³/mol. The summed E-state index contributed by atoms with van der Waals surface area (Å²) in [6.45, 7) is 6.26. The Balaban J connectivity index is 0.00000200. The molecule has 1 heterocycles. The standard InChI is InChI=1S/C15H23FN2O.ClH/c1-2-19-14-5-3-4-13(12-14)15(6-7-16)18-10-8-17-9-11-18;/h3-5,12,15,17H,2,6-11H2,1H3;1H/t15-;/m1./s1. The first-order valence-corrected chi connectivity index (χ1v) is 7.08. The summed E-state index contributed by atoms with van der Waals surface area (Å²) in [5, 5.41) is 3.33. The molecule has 1 atom stereocenters. The Bertz CT molecular complexity index is 386. The molecule has 0 aromatic heterocycles. The van der Waals surface area contributed by atoms with Crippen LogP contribution in [0.2, 0.25) is 0 Å². The van der Waals surface area contributed by atoms with Crippen molar-refractivity contribution in [1.82, 2.24) is 10.2 Å². The number of alkyl halides is 1. The zero-order valence-electron chi connectivity index (χ0n) is 12.0. The van der Waals surface area contributed by atoms with Crippen LogP contribution in [-0.4, -0.2) is 44.4 Å². The molecule has 1 fully saturated rings. The second kappa shape index (κ2) is 9.16. The molecule has 1 aromatic rings. The van der Waals surface area contributed by atoms with Gasteiger partial charge in [0.2, 0.25) is 0 Å². The Morgan fingerprint density at radius 1 is 1.35 bits per heavy atom. The average Bonchev–Trinajstić information content (AvgIpc) is 2.46. The summed E-state index contributed by atoms with van der Waals surface area (Å²) in [6, 6.07) is 8.23. The van der Waals surface area contributed by atoms with Crippen molar-refractivity contribution in [1.29, 1.82) is 0 Å². The predicted octanol–water partition coefficient (Wildman–Crippen LogP) is 2.81. The van der Waals surface area contributed by atoms with Crippen LogP contribution in [0.5, 0.6) is 5.75 Å². The van der Waals surface area contributed by atoms with Gasteiger partial charge in [0, 0.05) is 32.2 Å². The van der Waals surface area contributed by atoms with E-state index in [1.807, 2.05) is 25.1 Å². The Morgan fingerprint density at radius 3 is 2.75 bits per heavy atom. The van der Waals surface area contributed by atoms with Crippen molar-refractivity contribution in [3.05, 3.63) is 29.8 Å². The molecule has 0 bridgehead atoms. The molecular weight excluding hydrogens is 279 g/mol. The number of halogens is 2.